The molecule has 31 heavy (non-hydrogen) atoms. The third-order valence-corrected chi connectivity index (χ3v) is 6.94. The van der Waals surface area contributed by atoms with Gasteiger partial charge in [-0.15, -0.1) is 0 Å². The molecule has 4 heterocycles. The number of nitrogens with one attached hydrogen (secondary N) is 2. The molecule has 0 spiro atoms. The minimum absolute atomic E-state index is 0.0112. The molecule has 0 unspecified atom stereocenters. The van der Waals surface area contributed by atoms with Crippen molar-refractivity contribution in [3.63, 3.8) is 0 Å². The summed E-state index contributed by atoms with van der Waals surface area (Å²) in [5, 5.41) is 11.8. The average Bonchev–Trinajstić information content (AvgIpc) is 3.51. The van der Waals surface area contributed by atoms with E-state index in [2.05, 4.69) is 19.9 Å². The molecule has 0 saturated carbocycles. The number of carbonyl (C=O) groups is 3. The summed E-state index contributed by atoms with van der Waals surface area (Å²) < 4.78 is 4.04. The molecule has 0 bridgehead atoms. The Labute approximate surface area is 185 Å². The van der Waals surface area contributed by atoms with Gasteiger partial charge in [0.05, 0.1) is 6.42 Å². The molecule has 10 heteroatoms. The lowest BCUT2D eigenvalue weighted by Gasteiger charge is -2.35. The second-order valence-corrected chi connectivity index (χ2v) is 9.01. The lowest BCUT2D eigenvalue weighted by Crippen LogP contribution is -2.52. The van der Waals surface area contributed by atoms with E-state index in [1.165, 1.54) is 11.5 Å². The number of rotatable bonds is 5. The second-order valence-electron chi connectivity index (χ2n) is 8.35. The summed E-state index contributed by atoms with van der Waals surface area (Å²) in [6.45, 7) is 5.54. The third kappa shape index (κ3) is 4.63. The first kappa shape index (κ1) is 21.5. The Morgan fingerprint density at radius 2 is 1.97 bits per heavy atom. The van der Waals surface area contributed by atoms with Gasteiger partial charge < -0.3 is 15.1 Å². The molecule has 1 atom stereocenters. The predicted molar refractivity (Wildman–Crippen MR) is 116 cm³/mol. The van der Waals surface area contributed by atoms with E-state index in [4.69, 9.17) is 0 Å². The zero-order valence-corrected chi connectivity index (χ0v) is 18.7. The smallest absolute Gasteiger partial charge is 0.272 e. The van der Waals surface area contributed by atoms with Gasteiger partial charge in [-0.1, -0.05) is 0 Å². The van der Waals surface area contributed by atoms with E-state index in [9.17, 15) is 14.4 Å². The number of amides is 3. The molecule has 0 aromatic carbocycles. The van der Waals surface area contributed by atoms with Crippen molar-refractivity contribution in [2.24, 2.45) is 0 Å². The van der Waals surface area contributed by atoms with Gasteiger partial charge in [0, 0.05) is 48.5 Å². The molecule has 2 aromatic rings. The molecule has 0 aliphatic carbocycles. The summed E-state index contributed by atoms with van der Waals surface area (Å²) in [4.78, 5) is 41.9. The van der Waals surface area contributed by atoms with Crippen molar-refractivity contribution < 1.29 is 14.4 Å². The number of aryl methyl sites for hydroxylation is 1. The van der Waals surface area contributed by atoms with Crippen LogP contribution in [0.1, 0.15) is 53.0 Å². The fourth-order valence-corrected chi connectivity index (χ4v) is 4.86. The topological polar surface area (TPSA) is 111 Å². The van der Waals surface area contributed by atoms with Crippen molar-refractivity contribution in [2.45, 2.75) is 58.0 Å². The SMILES string of the molecule is Cc1[nH]nc(C(=O)NC2CCN(C(=O)[C@@H]3CCCN3C(=O)Cc3cnsc3)CC2)c1C. The van der Waals surface area contributed by atoms with Crippen LogP contribution in [0.25, 0.3) is 0 Å². The molecule has 2 aromatic heterocycles. The van der Waals surface area contributed by atoms with Gasteiger partial charge in [0.1, 0.15) is 6.04 Å². The highest BCUT2D eigenvalue weighted by atomic mass is 32.1. The van der Waals surface area contributed by atoms with E-state index < -0.39 is 0 Å². The Morgan fingerprint density at radius 3 is 2.61 bits per heavy atom. The quantitative estimate of drug-likeness (QED) is 0.725. The van der Waals surface area contributed by atoms with Crippen molar-refractivity contribution in [2.75, 3.05) is 19.6 Å². The summed E-state index contributed by atoms with van der Waals surface area (Å²) in [6.07, 6.45) is 4.95. The molecule has 2 aliphatic heterocycles. The fraction of sp³-hybridized carbons (Fsp3) is 0.571. The van der Waals surface area contributed by atoms with Gasteiger partial charge in [-0.25, -0.2) is 4.37 Å². The van der Waals surface area contributed by atoms with Crippen LogP contribution in [0.15, 0.2) is 11.6 Å². The maximum atomic E-state index is 13.1. The van der Waals surface area contributed by atoms with Gasteiger partial charge in [0.15, 0.2) is 5.69 Å². The van der Waals surface area contributed by atoms with E-state index in [1.54, 1.807) is 11.1 Å². The second kappa shape index (κ2) is 9.17. The van der Waals surface area contributed by atoms with Crippen LogP contribution >= 0.6 is 11.5 Å². The molecule has 2 aliphatic rings. The van der Waals surface area contributed by atoms with Crippen LogP contribution in [0, 0.1) is 13.8 Å². The molecule has 2 saturated heterocycles. The standard InChI is InChI=1S/C21H28N6O3S/c1-13-14(2)24-25-19(13)20(29)23-16-5-8-26(9-6-16)21(30)17-4-3-7-27(17)18(28)10-15-11-22-31-12-15/h11-12,16-17H,3-10H2,1-2H3,(H,23,29)(H,24,25)/t17-/m0/s1. The molecule has 3 amide bonds. The molecule has 9 nitrogen and oxygen atoms in total. The van der Waals surface area contributed by atoms with Gasteiger partial charge in [-0.2, -0.15) is 5.10 Å². The maximum Gasteiger partial charge on any atom is 0.272 e. The Kier molecular flexibility index (Phi) is 6.35. The summed E-state index contributed by atoms with van der Waals surface area (Å²) in [6, 6.07) is -0.361. The first-order valence-electron chi connectivity index (χ1n) is 10.7. The molecular formula is C21H28N6O3S. The van der Waals surface area contributed by atoms with Crippen LogP contribution in [-0.2, 0) is 16.0 Å². The number of nitrogens with zero attached hydrogens (tertiary/aromatic N) is 4. The van der Waals surface area contributed by atoms with Crippen molar-refractivity contribution >= 4 is 29.3 Å². The van der Waals surface area contributed by atoms with Crippen LogP contribution in [0.5, 0.6) is 0 Å². The van der Waals surface area contributed by atoms with Crippen LogP contribution in [-0.4, -0.2) is 73.8 Å². The summed E-state index contributed by atoms with van der Waals surface area (Å²) in [7, 11) is 0. The first-order chi connectivity index (χ1) is 14.9. The minimum atomic E-state index is -0.375. The van der Waals surface area contributed by atoms with E-state index >= 15 is 0 Å². The molecule has 2 N–H and O–H groups in total. The third-order valence-electron chi connectivity index (χ3n) is 6.31. The summed E-state index contributed by atoms with van der Waals surface area (Å²) >= 11 is 1.33. The van der Waals surface area contributed by atoms with E-state index in [0.29, 0.717) is 51.0 Å². The highest BCUT2D eigenvalue weighted by molar-refractivity contribution is 7.03. The van der Waals surface area contributed by atoms with E-state index in [-0.39, 0.29) is 29.8 Å². The van der Waals surface area contributed by atoms with Gasteiger partial charge in [-0.05, 0) is 56.6 Å². The highest BCUT2D eigenvalue weighted by Crippen LogP contribution is 2.23. The average molecular weight is 445 g/mol. The van der Waals surface area contributed by atoms with Crippen LogP contribution in [0.4, 0.5) is 0 Å². The Morgan fingerprint density at radius 1 is 1.19 bits per heavy atom. The number of carbonyl (C=O) groups excluding carboxylic acids is 3. The number of likely N-dealkylation sites (tertiary alicyclic amines) is 2. The van der Waals surface area contributed by atoms with Crippen molar-refractivity contribution in [3.8, 4) is 0 Å². The van der Waals surface area contributed by atoms with Crippen LogP contribution < -0.4 is 5.32 Å². The molecular weight excluding hydrogens is 416 g/mol. The number of aromatic nitrogens is 3. The number of hydrogen-bond donors (Lipinski definition) is 2. The Bertz CT molecular complexity index is 948. The number of H-pyrrole nitrogens is 1. The first-order valence-corrected chi connectivity index (χ1v) is 11.6. The molecule has 2 fully saturated rings. The van der Waals surface area contributed by atoms with Crippen molar-refractivity contribution in [1.29, 1.82) is 0 Å². The molecule has 0 radical (unpaired) electrons. The van der Waals surface area contributed by atoms with E-state index in [0.717, 1.165) is 23.2 Å². The lowest BCUT2D eigenvalue weighted by molar-refractivity contribution is -0.144. The zero-order chi connectivity index (χ0) is 22.0. The summed E-state index contributed by atoms with van der Waals surface area (Å²) in [5.74, 6) is -0.164. The number of hydrogen-bond acceptors (Lipinski definition) is 6. The van der Waals surface area contributed by atoms with E-state index in [1.807, 2.05) is 24.1 Å². The van der Waals surface area contributed by atoms with Gasteiger partial charge in [0.2, 0.25) is 11.8 Å². The highest BCUT2D eigenvalue weighted by Gasteiger charge is 2.37. The maximum absolute atomic E-state index is 13.1. The van der Waals surface area contributed by atoms with Crippen molar-refractivity contribution in [3.05, 3.63) is 34.1 Å². The van der Waals surface area contributed by atoms with Gasteiger partial charge in [0.25, 0.3) is 5.91 Å². The molecule has 4 rings (SSSR count). The largest absolute Gasteiger partial charge is 0.348 e. The van der Waals surface area contributed by atoms with Crippen molar-refractivity contribution in [1.82, 2.24) is 29.7 Å². The number of piperidine rings is 1. The normalized spacial score (nSPS) is 19.6. The minimum Gasteiger partial charge on any atom is -0.348 e. The summed E-state index contributed by atoms with van der Waals surface area (Å²) in [5.41, 5.74) is 3.06. The zero-order valence-electron chi connectivity index (χ0n) is 17.9. The fourth-order valence-electron chi connectivity index (χ4n) is 4.33. The van der Waals surface area contributed by atoms with Gasteiger partial charge in [-0.3, -0.25) is 19.5 Å². The predicted octanol–water partition coefficient (Wildman–Crippen LogP) is 1.44. The Balaban J connectivity index is 1.30. The lowest BCUT2D eigenvalue weighted by atomic mass is 10.0. The van der Waals surface area contributed by atoms with Gasteiger partial charge >= 0.3 is 0 Å². The molecule has 166 valence electrons. The monoisotopic (exact) mass is 444 g/mol. The Hall–Kier alpha value is -2.75. The van der Waals surface area contributed by atoms with Crippen LogP contribution in [0.3, 0.4) is 0 Å². The van der Waals surface area contributed by atoms with Crippen LogP contribution in [0.2, 0.25) is 0 Å². The number of aromatic amines is 1.